The SMILES string of the molecule is COc1cc(/C=C2/SC(=Nc3ccccc3)N(c3ccccc3)C2=O)ccc1OCc1cccc(F)c1. The van der Waals surface area contributed by atoms with E-state index in [0.717, 1.165) is 16.9 Å². The van der Waals surface area contributed by atoms with Gasteiger partial charge in [-0.3, -0.25) is 9.69 Å². The zero-order valence-corrected chi connectivity index (χ0v) is 20.8. The third-order valence-electron chi connectivity index (χ3n) is 5.57. The second-order valence-corrected chi connectivity index (χ2v) is 9.15. The Bertz CT molecular complexity index is 1470. The number of nitrogens with zero attached hydrogens (tertiary/aromatic N) is 2. The van der Waals surface area contributed by atoms with Gasteiger partial charge in [0.05, 0.1) is 23.4 Å². The number of amidine groups is 1. The van der Waals surface area contributed by atoms with Gasteiger partial charge < -0.3 is 9.47 Å². The van der Waals surface area contributed by atoms with Crippen molar-refractivity contribution in [3.63, 3.8) is 0 Å². The molecule has 0 aromatic heterocycles. The summed E-state index contributed by atoms with van der Waals surface area (Å²) in [5.41, 5.74) is 3.01. The second-order valence-electron chi connectivity index (χ2n) is 8.15. The van der Waals surface area contributed by atoms with Crippen LogP contribution in [-0.4, -0.2) is 18.2 Å². The van der Waals surface area contributed by atoms with Crippen LogP contribution in [0, 0.1) is 5.82 Å². The van der Waals surface area contributed by atoms with E-state index in [1.807, 2.05) is 72.8 Å². The summed E-state index contributed by atoms with van der Waals surface area (Å²) in [5, 5.41) is 0.579. The van der Waals surface area contributed by atoms with Crippen LogP contribution in [0.4, 0.5) is 15.8 Å². The summed E-state index contributed by atoms with van der Waals surface area (Å²) < 4.78 is 24.9. The van der Waals surface area contributed by atoms with Crippen LogP contribution in [0.25, 0.3) is 6.08 Å². The molecule has 4 aromatic carbocycles. The topological polar surface area (TPSA) is 51.1 Å². The average molecular weight is 511 g/mol. The number of hydrogen-bond donors (Lipinski definition) is 0. The molecule has 0 spiro atoms. The summed E-state index contributed by atoms with van der Waals surface area (Å²) in [4.78, 5) is 20.4. The number of benzene rings is 4. The first kappa shape index (κ1) is 24.3. The highest BCUT2D eigenvalue weighted by Gasteiger charge is 2.34. The molecule has 0 bridgehead atoms. The van der Waals surface area contributed by atoms with Crippen LogP contribution in [0.2, 0.25) is 0 Å². The third-order valence-corrected chi connectivity index (χ3v) is 6.54. The Labute approximate surface area is 218 Å². The molecule has 0 saturated carbocycles. The lowest BCUT2D eigenvalue weighted by molar-refractivity contribution is -0.113. The van der Waals surface area contributed by atoms with Crippen molar-refractivity contribution in [1.82, 2.24) is 0 Å². The molecule has 1 heterocycles. The first-order valence-corrected chi connectivity index (χ1v) is 12.4. The smallest absolute Gasteiger partial charge is 0.271 e. The van der Waals surface area contributed by atoms with Crippen LogP contribution in [-0.2, 0) is 11.4 Å². The Morgan fingerprint density at radius 3 is 2.38 bits per heavy atom. The number of aliphatic imine (C=N–C) groups is 1. The van der Waals surface area contributed by atoms with Crippen LogP contribution in [0.5, 0.6) is 11.5 Å². The van der Waals surface area contributed by atoms with Gasteiger partial charge in [0.25, 0.3) is 5.91 Å². The Morgan fingerprint density at radius 1 is 0.892 bits per heavy atom. The van der Waals surface area contributed by atoms with Gasteiger partial charge in [0.2, 0.25) is 0 Å². The predicted molar refractivity (Wildman–Crippen MR) is 147 cm³/mol. The molecule has 0 atom stereocenters. The summed E-state index contributed by atoms with van der Waals surface area (Å²) in [6, 6.07) is 30.7. The Kier molecular flexibility index (Phi) is 7.33. The number of carbonyl (C=O) groups is 1. The third kappa shape index (κ3) is 5.73. The highest BCUT2D eigenvalue weighted by molar-refractivity contribution is 8.19. The van der Waals surface area contributed by atoms with Gasteiger partial charge in [0, 0.05) is 0 Å². The summed E-state index contributed by atoms with van der Waals surface area (Å²) in [6.45, 7) is 0.203. The molecule has 0 aliphatic carbocycles. The van der Waals surface area contributed by atoms with Crippen molar-refractivity contribution in [3.05, 3.63) is 125 Å². The summed E-state index contributed by atoms with van der Waals surface area (Å²) in [7, 11) is 1.55. The number of hydrogen-bond acceptors (Lipinski definition) is 5. The molecule has 37 heavy (non-hydrogen) atoms. The first-order chi connectivity index (χ1) is 18.1. The molecule has 0 radical (unpaired) electrons. The second kappa shape index (κ2) is 11.1. The fourth-order valence-electron chi connectivity index (χ4n) is 3.80. The number of ether oxygens (including phenoxy) is 2. The van der Waals surface area contributed by atoms with E-state index >= 15 is 0 Å². The van der Waals surface area contributed by atoms with Crippen LogP contribution < -0.4 is 14.4 Å². The van der Waals surface area contributed by atoms with Gasteiger partial charge in [-0.2, -0.15) is 0 Å². The number of carbonyl (C=O) groups excluding carboxylic acids is 1. The number of methoxy groups -OCH3 is 1. The number of para-hydroxylation sites is 2. The highest BCUT2D eigenvalue weighted by Crippen LogP contribution is 2.38. The average Bonchev–Trinajstić information content (AvgIpc) is 3.22. The summed E-state index contributed by atoms with van der Waals surface area (Å²) in [5.74, 6) is 0.570. The fraction of sp³-hybridized carbons (Fsp3) is 0.0667. The molecular formula is C30H23FN2O3S. The van der Waals surface area contributed by atoms with E-state index in [4.69, 9.17) is 14.5 Å². The Hall–Kier alpha value is -4.36. The van der Waals surface area contributed by atoms with Gasteiger partial charge >= 0.3 is 0 Å². The van der Waals surface area contributed by atoms with Crippen molar-refractivity contribution in [3.8, 4) is 11.5 Å². The molecule has 5 rings (SSSR count). The lowest BCUT2D eigenvalue weighted by Crippen LogP contribution is -2.28. The van der Waals surface area contributed by atoms with E-state index < -0.39 is 0 Å². The number of rotatable bonds is 7. The molecule has 1 saturated heterocycles. The van der Waals surface area contributed by atoms with Gasteiger partial charge in [-0.1, -0.05) is 54.6 Å². The van der Waals surface area contributed by atoms with Crippen molar-refractivity contribution >= 4 is 40.3 Å². The van der Waals surface area contributed by atoms with Gasteiger partial charge in [0.15, 0.2) is 16.7 Å². The van der Waals surface area contributed by atoms with Crippen LogP contribution in [0.15, 0.2) is 113 Å². The molecule has 4 aromatic rings. The summed E-state index contributed by atoms with van der Waals surface area (Å²) >= 11 is 1.32. The van der Waals surface area contributed by atoms with E-state index in [0.29, 0.717) is 27.1 Å². The molecule has 1 aliphatic heterocycles. The molecule has 184 valence electrons. The molecule has 5 nitrogen and oxygen atoms in total. The lowest BCUT2D eigenvalue weighted by Gasteiger charge is -2.15. The monoisotopic (exact) mass is 510 g/mol. The Morgan fingerprint density at radius 2 is 1.65 bits per heavy atom. The van der Waals surface area contributed by atoms with Gasteiger partial charge in [0.1, 0.15) is 12.4 Å². The minimum atomic E-state index is -0.312. The van der Waals surface area contributed by atoms with Crippen molar-refractivity contribution in [2.24, 2.45) is 4.99 Å². The van der Waals surface area contributed by atoms with Crippen LogP contribution >= 0.6 is 11.8 Å². The maximum Gasteiger partial charge on any atom is 0.271 e. The molecule has 1 aliphatic rings. The number of halogens is 1. The van der Waals surface area contributed by atoms with Crippen molar-refractivity contribution in [2.45, 2.75) is 6.61 Å². The maximum absolute atomic E-state index is 13.5. The number of anilines is 1. The molecule has 7 heteroatoms. The molecule has 0 unspecified atom stereocenters. The van der Waals surface area contributed by atoms with E-state index in [1.165, 1.54) is 23.9 Å². The van der Waals surface area contributed by atoms with Gasteiger partial charge in [-0.15, -0.1) is 0 Å². The summed E-state index contributed by atoms with van der Waals surface area (Å²) in [6.07, 6.45) is 1.81. The fourth-order valence-corrected chi connectivity index (χ4v) is 4.80. The van der Waals surface area contributed by atoms with E-state index in [2.05, 4.69) is 0 Å². The number of thioether (sulfide) groups is 1. The van der Waals surface area contributed by atoms with E-state index in [1.54, 1.807) is 36.3 Å². The van der Waals surface area contributed by atoms with E-state index in [9.17, 15) is 9.18 Å². The first-order valence-electron chi connectivity index (χ1n) is 11.6. The van der Waals surface area contributed by atoms with Gasteiger partial charge in [-0.25, -0.2) is 9.38 Å². The highest BCUT2D eigenvalue weighted by atomic mass is 32.2. The maximum atomic E-state index is 13.5. The minimum absolute atomic E-state index is 0.156. The van der Waals surface area contributed by atoms with Crippen molar-refractivity contribution < 1.29 is 18.7 Å². The number of amides is 1. The zero-order valence-electron chi connectivity index (χ0n) is 20.0. The predicted octanol–water partition coefficient (Wildman–Crippen LogP) is 7.22. The van der Waals surface area contributed by atoms with Crippen LogP contribution in [0.1, 0.15) is 11.1 Å². The van der Waals surface area contributed by atoms with Gasteiger partial charge in [-0.05, 0) is 77.5 Å². The standard InChI is InChI=1S/C30H23FN2O3S/c1-35-27-18-21(15-16-26(27)36-20-22-9-8-10-23(31)17-22)19-28-29(34)33(25-13-6-3-7-14-25)30(37-28)32-24-11-4-2-5-12-24/h2-19H,20H2,1H3/b28-19+,32-30?. The molecular weight excluding hydrogens is 487 g/mol. The van der Waals surface area contributed by atoms with E-state index in [-0.39, 0.29) is 18.3 Å². The Balaban J connectivity index is 1.42. The quantitative estimate of drug-likeness (QED) is 0.246. The molecule has 0 N–H and O–H groups in total. The molecule has 1 fully saturated rings. The van der Waals surface area contributed by atoms with Crippen molar-refractivity contribution in [2.75, 3.05) is 12.0 Å². The molecule has 1 amide bonds. The largest absolute Gasteiger partial charge is 0.493 e. The zero-order chi connectivity index (χ0) is 25.6. The normalized spacial score (nSPS) is 15.4. The van der Waals surface area contributed by atoms with Crippen LogP contribution in [0.3, 0.4) is 0 Å². The van der Waals surface area contributed by atoms with Crippen molar-refractivity contribution in [1.29, 1.82) is 0 Å². The minimum Gasteiger partial charge on any atom is -0.493 e. The lowest BCUT2D eigenvalue weighted by atomic mass is 10.1.